The fraction of sp³-hybridized carbons (Fsp3) is 0.120. The first-order valence-corrected chi connectivity index (χ1v) is 11.8. The van der Waals surface area contributed by atoms with Crippen LogP contribution in [0.2, 0.25) is 5.02 Å². The van der Waals surface area contributed by atoms with Gasteiger partial charge in [0.05, 0.1) is 17.2 Å². The summed E-state index contributed by atoms with van der Waals surface area (Å²) in [4.78, 5) is 28.5. The van der Waals surface area contributed by atoms with Crippen molar-refractivity contribution in [3.8, 4) is 17.0 Å². The fourth-order valence-corrected chi connectivity index (χ4v) is 4.34. The predicted octanol–water partition coefficient (Wildman–Crippen LogP) is 6.87. The van der Waals surface area contributed by atoms with Crippen molar-refractivity contribution in [1.82, 2.24) is 4.98 Å². The Labute approximate surface area is 210 Å². The summed E-state index contributed by atoms with van der Waals surface area (Å²) in [6.45, 7) is 2.21. The summed E-state index contributed by atoms with van der Waals surface area (Å²) in [7, 11) is 0. The highest BCUT2D eigenvalue weighted by Crippen LogP contribution is 2.37. The zero-order valence-electron chi connectivity index (χ0n) is 18.6. The van der Waals surface area contributed by atoms with Gasteiger partial charge in [0.2, 0.25) is 0 Å². The zero-order valence-corrected chi connectivity index (χ0v) is 20.1. The van der Waals surface area contributed by atoms with Gasteiger partial charge in [-0.1, -0.05) is 65.4 Å². The van der Waals surface area contributed by atoms with Crippen molar-refractivity contribution in [3.63, 3.8) is 0 Å². The van der Waals surface area contributed by atoms with Gasteiger partial charge in [0, 0.05) is 22.7 Å². The standard InChI is InChI=1S/C25H20ClN3O5S/c1-2-33-24(30)23-22(17-9-6-10-18(26)13-17)28-25(35-23)27-20-14-19(11-12-21(20)29(31)32)34-15-16-7-4-3-5-8-16/h3-14H,2,15H2,1H3,(H,27,28). The van der Waals surface area contributed by atoms with E-state index in [9.17, 15) is 14.9 Å². The van der Waals surface area contributed by atoms with E-state index in [1.54, 1.807) is 31.2 Å². The van der Waals surface area contributed by atoms with E-state index in [2.05, 4.69) is 10.3 Å². The number of anilines is 2. The largest absolute Gasteiger partial charge is 0.489 e. The van der Waals surface area contributed by atoms with Crippen LogP contribution in [-0.4, -0.2) is 22.5 Å². The third kappa shape index (κ3) is 5.95. The lowest BCUT2D eigenvalue weighted by molar-refractivity contribution is -0.383. The fourth-order valence-electron chi connectivity index (χ4n) is 3.26. The molecule has 8 nitrogen and oxygen atoms in total. The van der Waals surface area contributed by atoms with Crippen LogP contribution < -0.4 is 10.1 Å². The number of carbonyl (C=O) groups excluding carboxylic acids is 1. The third-order valence-electron chi connectivity index (χ3n) is 4.84. The second-order valence-corrected chi connectivity index (χ2v) is 8.70. The number of nitro benzene ring substituents is 1. The molecule has 4 aromatic rings. The number of ether oxygens (including phenoxy) is 2. The number of hydrogen-bond donors (Lipinski definition) is 1. The van der Waals surface area contributed by atoms with Gasteiger partial charge in [0.1, 0.15) is 22.9 Å². The van der Waals surface area contributed by atoms with Crippen LogP contribution in [0.25, 0.3) is 11.3 Å². The molecule has 0 fully saturated rings. The molecule has 0 unspecified atom stereocenters. The normalized spacial score (nSPS) is 10.6. The van der Waals surface area contributed by atoms with Gasteiger partial charge in [-0.25, -0.2) is 9.78 Å². The van der Waals surface area contributed by atoms with Gasteiger partial charge in [-0.2, -0.15) is 0 Å². The van der Waals surface area contributed by atoms with Gasteiger partial charge in [-0.15, -0.1) is 0 Å². The summed E-state index contributed by atoms with van der Waals surface area (Å²) in [6, 6.07) is 20.9. The van der Waals surface area contributed by atoms with Crippen molar-refractivity contribution >= 4 is 45.4 Å². The number of benzene rings is 3. The predicted molar refractivity (Wildman–Crippen MR) is 136 cm³/mol. The van der Waals surface area contributed by atoms with E-state index in [0.717, 1.165) is 16.9 Å². The van der Waals surface area contributed by atoms with Gasteiger partial charge in [0.15, 0.2) is 5.13 Å². The molecule has 35 heavy (non-hydrogen) atoms. The minimum atomic E-state index is -0.539. The maximum absolute atomic E-state index is 12.6. The molecule has 1 heterocycles. The molecule has 178 valence electrons. The maximum atomic E-state index is 12.6. The summed E-state index contributed by atoms with van der Waals surface area (Å²) in [5.41, 5.74) is 1.99. The van der Waals surface area contributed by atoms with Crippen LogP contribution in [0.1, 0.15) is 22.2 Å². The van der Waals surface area contributed by atoms with E-state index in [1.807, 2.05) is 30.3 Å². The number of nitrogens with one attached hydrogen (secondary N) is 1. The highest BCUT2D eigenvalue weighted by atomic mass is 35.5. The minimum absolute atomic E-state index is 0.158. The summed E-state index contributed by atoms with van der Waals surface area (Å²) in [6.07, 6.45) is 0. The summed E-state index contributed by atoms with van der Waals surface area (Å²) in [5, 5.41) is 15.4. The number of thiazole rings is 1. The highest BCUT2D eigenvalue weighted by Gasteiger charge is 2.23. The average molecular weight is 510 g/mol. The van der Waals surface area contributed by atoms with Crippen molar-refractivity contribution in [3.05, 3.63) is 98.4 Å². The zero-order chi connectivity index (χ0) is 24.8. The molecule has 0 spiro atoms. The first kappa shape index (κ1) is 24.2. The van der Waals surface area contributed by atoms with Crippen LogP contribution in [0, 0.1) is 10.1 Å². The summed E-state index contributed by atoms with van der Waals surface area (Å²) >= 11 is 7.16. The molecule has 3 aromatic carbocycles. The highest BCUT2D eigenvalue weighted by molar-refractivity contribution is 7.18. The van der Waals surface area contributed by atoms with Crippen LogP contribution in [0.4, 0.5) is 16.5 Å². The lowest BCUT2D eigenvalue weighted by atomic mass is 10.1. The number of aromatic nitrogens is 1. The van der Waals surface area contributed by atoms with E-state index in [4.69, 9.17) is 21.1 Å². The van der Waals surface area contributed by atoms with Crippen LogP contribution in [0.5, 0.6) is 5.75 Å². The summed E-state index contributed by atoms with van der Waals surface area (Å²) < 4.78 is 11.0. The quantitative estimate of drug-likeness (QED) is 0.149. The number of rotatable bonds is 9. The first-order chi connectivity index (χ1) is 16.9. The molecule has 4 rings (SSSR count). The van der Waals surface area contributed by atoms with E-state index in [1.165, 1.54) is 18.2 Å². The minimum Gasteiger partial charge on any atom is -0.489 e. The summed E-state index contributed by atoms with van der Waals surface area (Å²) in [5.74, 6) is -0.0957. The Bertz CT molecular complexity index is 1360. The van der Waals surface area contributed by atoms with Crippen molar-refractivity contribution < 1.29 is 19.2 Å². The number of nitrogens with zero attached hydrogens (tertiary/aromatic N) is 2. The van der Waals surface area contributed by atoms with E-state index < -0.39 is 10.9 Å². The molecule has 0 aliphatic carbocycles. The SMILES string of the molecule is CCOC(=O)c1sc(Nc2cc(OCc3ccccc3)ccc2[N+](=O)[O-])nc1-c1cccc(Cl)c1. The monoisotopic (exact) mass is 509 g/mol. The molecule has 0 amide bonds. The Morgan fingerprint density at radius 1 is 1.11 bits per heavy atom. The van der Waals surface area contributed by atoms with Crippen molar-refractivity contribution in [2.75, 3.05) is 11.9 Å². The molecule has 0 radical (unpaired) electrons. The smallest absolute Gasteiger partial charge is 0.350 e. The molecular weight excluding hydrogens is 490 g/mol. The molecule has 1 N–H and O–H groups in total. The Balaban J connectivity index is 1.67. The van der Waals surface area contributed by atoms with Gasteiger partial charge < -0.3 is 14.8 Å². The third-order valence-corrected chi connectivity index (χ3v) is 6.03. The molecule has 10 heteroatoms. The van der Waals surface area contributed by atoms with Crippen molar-refractivity contribution in [2.45, 2.75) is 13.5 Å². The number of carbonyl (C=O) groups is 1. The molecule has 0 saturated heterocycles. The first-order valence-electron chi connectivity index (χ1n) is 10.6. The molecule has 0 atom stereocenters. The van der Waals surface area contributed by atoms with Gasteiger partial charge in [-0.05, 0) is 30.7 Å². The molecule has 0 saturated carbocycles. The maximum Gasteiger partial charge on any atom is 0.350 e. The Kier molecular flexibility index (Phi) is 7.59. The molecule has 0 bridgehead atoms. The average Bonchev–Trinajstić information content (AvgIpc) is 3.27. The molecule has 0 aliphatic rings. The van der Waals surface area contributed by atoms with E-state index >= 15 is 0 Å². The number of nitro groups is 1. The molecule has 1 aromatic heterocycles. The van der Waals surface area contributed by atoms with E-state index in [0.29, 0.717) is 28.6 Å². The van der Waals surface area contributed by atoms with Crippen LogP contribution in [0.15, 0.2) is 72.8 Å². The molecule has 0 aliphatic heterocycles. The molecular formula is C25H20ClN3O5S. The Morgan fingerprint density at radius 2 is 1.91 bits per heavy atom. The second kappa shape index (κ2) is 11.0. The van der Waals surface area contributed by atoms with Crippen LogP contribution in [-0.2, 0) is 11.3 Å². The second-order valence-electron chi connectivity index (χ2n) is 7.26. The Morgan fingerprint density at radius 3 is 2.63 bits per heavy atom. The van der Waals surface area contributed by atoms with Crippen LogP contribution >= 0.6 is 22.9 Å². The number of hydrogen-bond acceptors (Lipinski definition) is 8. The van der Waals surface area contributed by atoms with Gasteiger partial charge in [0.25, 0.3) is 5.69 Å². The van der Waals surface area contributed by atoms with Crippen molar-refractivity contribution in [1.29, 1.82) is 0 Å². The topological polar surface area (TPSA) is 104 Å². The number of esters is 1. The van der Waals surface area contributed by atoms with Crippen molar-refractivity contribution in [2.24, 2.45) is 0 Å². The lowest BCUT2D eigenvalue weighted by Crippen LogP contribution is -2.03. The van der Waals surface area contributed by atoms with Gasteiger partial charge in [-0.3, -0.25) is 10.1 Å². The lowest BCUT2D eigenvalue weighted by Gasteiger charge is -2.09. The van der Waals surface area contributed by atoms with Gasteiger partial charge >= 0.3 is 5.97 Å². The van der Waals surface area contributed by atoms with E-state index in [-0.39, 0.29) is 28.0 Å². The number of halogens is 1. The Hall–Kier alpha value is -3.95. The van der Waals surface area contributed by atoms with Crippen LogP contribution in [0.3, 0.4) is 0 Å².